The van der Waals surface area contributed by atoms with Crippen molar-refractivity contribution in [2.24, 2.45) is 0 Å². The van der Waals surface area contributed by atoms with Gasteiger partial charge in [-0.15, -0.1) is 0 Å². The normalized spacial score (nSPS) is 21.0. The van der Waals surface area contributed by atoms with Crippen LogP contribution in [0.2, 0.25) is 0 Å². The first kappa shape index (κ1) is 23.2. The van der Waals surface area contributed by atoms with Crippen LogP contribution in [0.1, 0.15) is 63.6 Å². The molecule has 1 amide bonds. The molecule has 1 N–H and O–H groups in total. The van der Waals surface area contributed by atoms with E-state index >= 15 is 0 Å². The summed E-state index contributed by atoms with van der Waals surface area (Å²) < 4.78 is 11.8. The van der Waals surface area contributed by atoms with E-state index in [1.807, 2.05) is 25.1 Å². The van der Waals surface area contributed by atoms with Gasteiger partial charge in [-0.2, -0.15) is 0 Å². The minimum absolute atomic E-state index is 0.0863. The van der Waals surface area contributed by atoms with Crippen molar-refractivity contribution < 1.29 is 14.3 Å². The standard InChI is InChI=1S/C28H36N2O3/c1-6-8-17-33-24-12-10-21(19-25(24)32-7-2)13-15-28-27(4,5)22-18-20(3)9-11-23(22)30(28)16-14-26(31)29-28/h9-13,15,18-19H,6-8,14,16-17H2,1-5H3,(H,29,31)/t28-/m1/s1. The number of hydrogen-bond acceptors (Lipinski definition) is 4. The zero-order valence-corrected chi connectivity index (χ0v) is 20.5. The predicted octanol–water partition coefficient (Wildman–Crippen LogP) is 5.60. The molecule has 176 valence electrons. The highest BCUT2D eigenvalue weighted by Crippen LogP contribution is 2.52. The lowest BCUT2D eigenvalue weighted by Gasteiger charge is -2.49. The van der Waals surface area contributed by atoms with Crippen molar-refractivity contribution in [3.05, 3.63) is 59.2 Å². The van der Waals surface area contributed by atoms with Gasteiger partial charge in [0.2, 0.25) is 5.91 Å². The third-order valence-corrected chi connectivity index (χ3v) is 6.93. The first-order chi connectivity index (χ1) is 15.8. The second kappa shape index (κ2) is 9.12. The Balaban J connectivity index is 1.71. The zero-order chi connectivity index (χ0) is 23.6. The predicted molar refractivity (Wildman–Crippen MR) is 134 cm³/mol. The van der Waals surface area contributed by atoms with Crippen molar-refractivity contribution in [1.82, 2.24) is 5.32 Å². The Morgan fingerprint density at radius 1 is 1.09 bits per heavy atom. The molecule has 1 saturated heterocycles. The largest absolute Gasteiger partial charge is 0.490 e. The number of anilines is 1. The number of carbonyl (C=O) groups is 1. The van der Waals surface area contributed by atoms with Crippen molar-refractivity contribution >= 4 is 17.7 Å². The van der Waals surface area contributed by atoms with Gasteiger partial charge < -0.3 is 19.7 Å². The van der Waals surface area contributed by atoms with Gasteiger partial charge in [0.1, 0.15) is 5.66 Å². The highest BCUT2D eigenvalue weighted by molar-refractivity contribution is 5.84. The molecule has 5 nitrogen and oxygen atoms in total. The van der Waals surface area contributed by atoms with E-state index in [4.69, 9.17) is 9.47 Å². The molecule has 2 heterocycles. The molecule has 0 spiro atoms. The molecule has 2 aromatic carbocycles. The van der Waals surface area contributed by atoms with Gasteiger partial charge in [0.15, 0.2) is 11.5 Å². The van der Waals surface area contributed by atoms with E-state index in [9.17, 15) is 4.79 Å². The molecular formula is C28H36N2O3. The summed E-state index contributed by atoms with van der Waals surface area (Å²) >= 11 is 0. The number of ether oxygens (including phenoxy) is 2. The second-order valence-corrected chi connectivity index (χ2v) is 9.54. The SMILES string of the molecule is CCCCOc1ccc(C=C[C@@]23NC(=O)CCN2c2ccc(C)cc2C3(C)C)cc1OCC. The number of carbonyl (C=O) groups excluding carboxylic acids is 1. The molecule has 0 aromatic heterocycles. The number of rotatable bonds is 8. The third-order valence-electron chi connectivity index (χ3n) is 6.93. The van der Waals surface area contributed by atoms with Crippen molar-refractivity contribution in [2.45, 2.75) is 65.0 Å². The van der Waals surface area contributed by atoms with Gasteiger partial charge in [-0.1, -0.05) is 57.0 Å². The number of nitrogens with one attached hydrogen (secondary N) is 1. The maximum atomic E-state index is 12.6. The molecule has 0 radical (unpaired) electrons. The third kappa shape index (κ3) is 4.09. The molecule has 5 heteroatoms. The van der Waals surface area contributed by atoms with E-state index in [1.54, 1.807) is 0 Å². The van der Waals surface area contributed by atoms with E-state index in [-0.39, 0.29) is 11.3 Å². The van der Waals surface area contributed by atoms with E-state index in [2.05, 4.69) is 68.3 Å². The molecule has 0 aliphatic carbocycles. The lowest BCUT2D eigenvalue weighted by molar-refractivity contribution is -0.124. The molecule has 4 rings (SSSR count). The molecule has 33 heavy (non-hydrogen) atoms. The Morgan fingerprint density at radius 3 is 2.67 bits per heavy atom. The molecule has 2 aliphatic rings. The number of benzene rings is 2. The van der Waals surface area contributed by atoms with E-state index in [1.165, 1.54) is 16.8 Å². The minimum atomic E-state index is -0.624. The Morgan fingerprint density at radius 2 is 1.91 bits per heavy atom. The summed E-state index contributed by atoms with van der Waals surface area (Å²) in [6.07, 6.45) is 6.85. The van der Waals surface area contributed by atoms with Crippen LogP contribution in [0, 0.1) is 6.92 Å². The maximum Gasteiger partial charge on any atom is 0.223 e. The van der Waals surface area contributed by atoms with E-state index in [0.29, 0.717) is 26.2 Å². The molecule has 2 aliphatic heterocycles. The maximum absolute atomic E-state index is 12.6. The van der Waals surface area contributed by atoms with Crippen LogP contribution >= 0.6 is 0 Å². The fraction of sp³-hybridized carbons (Fsp3) is 0.464. The Labute approximate surface area is 197 Å². The number of aryl methyl sites for hydroxylation is 1. The van der Waals surface area contributed by atoms with Crippen LogP contribution in [0.4, 0.5) is 5.69 Å². The van der Waals surface area contributed by atoms with Crippen molar-refractivity contribution in [3.63, 3.8) is 0 Å². The molecule has 1 fully saturated rings. The molecule has 1 atom stereocenters. The van der Waals surface area contributed by atoms with Crippen LogP contribution in [0.25, 0.3) is 6.08 Å². The van der Waals surface area contributed by atoms with Gasteiger partial charge in [-0.05, 0) is 55.7 Å². The Bertz CT molecular complexity index is 1060. The number of unbranched alkanes of at least 4 members (excludes halogenated alkanes) is 1. The van der Waals surface area contributed by atoms with Crippen LogP contribution in [-0.4, -0.2) is 31.3 Å². The fourth-order valence-corrected chi connectivity index (χ4v) is 5.03. The summed E-state index contributed by atoms with van der Waals surface area (Å²) in [5.41, 5.74) is 3.78. The highest BCUT2D eigenvalue weighted by Gasteiger charge is 2.57. The van der Waals surface area contributed by atoms with E-state index < -0.39 is 5.66 Å². The fourth-order valence-electron chi connectivity index (χ4n) is 5.03. The van der Waals surface area contributed by atoms with E-state index in [0.717, 1.165) is 29.9 Å². The van der Waals surface area contributed by atoms with Crippen molar-refractivity contribution in [2.75, 3.05) is 24.7 Å². The zero-order valence-electron chi connectivity index (χ0n) is 20.5. The lowest BCUT2D eigenvalue weighted by atomic mass is 9.74. The summed E-state index contributed by atoms with van der Waals surface area (Å²) in [5, 5.41) is 3.35. The monoisotopic (exact) mass is 448 g/mol. The number of nitrogens with zero attached hydrogens (tertiary/aromatic N) is 1. The van der Waals surface area contributed by atoms with Crippen LogP contribution in [0.3, 0.4) is 0 Å². The van der Waals surface area contributed by atoms with Gasteiger partial charge in [0.25, 0.3) is 0 Å². The van der Waals surface area contributed by atoms with Crippen molar-refractivity contribution in [3.8, 4) is 11.5 Å². The van der Waals surface area contributed by atoms with Gasteiger partial charge in [0, 0.05) is 24.1 Å². The van der Waals surface area contributed by atoms with Gasteiger partial charge in [-0.25, -0.2) is 0 Å². The van der Waals surface area contributed by atoms with Gasteiger partial charge >= 0.3 is 0 Å². The van der Waals surface area contributed by atoms with Crippen LogP contribution in [0.15, 0.2) is 42.5 Å². The number of amides is 1. The quantitative estimate of drug-likeness (QED) is 0.534. The highest BCUT2D eigenvalue weighted by atomic mass is 16.5. The summed E-state index contributed by atoms with van der Waals surface area (Å²) in [6, 6.07) is 12.6. The molecule has 2 aromatic rings. The summed E-state index contributed by atoms with van der Waals surface area (Å²) in [7, 11) is 0. The smallest absolute Gasteiger partial charge is 0.223 e. The molecular weight excluding hydrogens is 412 g/mol. The topological polar surface area (TPSA) is 50.8 Å². The summed E-state index contributed by atoms with van der Waals surface area (Å²) in [5.74, 6) is 1.61. The van der Waals surface area contributed by atoms with Crippen molar-refractivity contribution in [1.29, 1.82) is 0 Å². The summed E-state index contributed by atoms with van der Waals surface area (Å²) in [6.45, 7) is 12.6. The van der Waals surface area contributed by atoms with Gasteiger partial charge in [-0.3, -0.25) is 4.79 Å². The average Bonchev–Trinajstić information content (AvgIpc) is 2.97. The Hall–Kier alpha value is -2.95. The minimum Gasteiger partial charge on any atom is -0.490 e. The molecule has 0 unspecified atom stereocenters. The lowest BCUT2D eigenvalue weighted by Crippen LogP contribution is -2.68. The Kier molecular flexibility index (Phi) is 6.42. The number of hydrogen-bond donors (Lipinski definition) is 1. The average molecular weight is 449 g/mol. The van der Waals surface area contributed by atoms with Crippen LogP contribution in [0.5, 0.6) is 11.5 Å². The van der Waals surface area contributed by atoms with Crippen LogP contribution in [-0.2, 0) is 10.2 Å². The second-order valence-electron chi connectivity index (χ2n) is 9.54. The number of fused-ring (bicyclic) bond motifs is 3. The van der Waals surface area contributed by atoms with Crippen LogP contribution < -0.4 is 19.7 Å². The molecule has 0 bridgehead atoms. The first-order valence-electron chi connectivity index (χ1n) is 12.1. The first-order valence-corrected chi connectivity index (χ1v) is 12.1. The molecule has 0 saturated carbocycles. The van der Waals surface area contributed by atoms with Gasteiger partial charge in [0.05, 0.1) is 13.2 Å². The summed E-state index contributed by atoms with van der Waals surface area (Å²) in [4.78, 5) is 15.0.